The fourth-order valence-electron chi connectivity index (χ4n) is 7.53. The summed E-state index contributed by atoms with van der Waals surface area (Å²) in [6, 6.07) is 51.6. The molecule has 5 aromatic carbocycles. The number of hydrogen-bond donors (Lipinski definition) is 2. The van der Waals surface area contributed by atoms with E-state index in [0.29, 0.717) is 0 Å². The molecule has 240 valence electrons. The topological polar surface area (TPSA) is 57.4 Å². The van der Waals surface area contributed by atoms with Crippen LogP contribution in [0.2, 0.25) is 0 Å². The van der Waals surface area contributed by atoms with Crippen molar-refractivity contribution in [1.82, 2.24) is 19.9 Å². The molecule has 0 spiro atoms. The summed E-state index contributed by atoms with van der Waals surface area (Å²) >= 11 is 0. The zero-order chi connectivity index (χ0) is 33.7. The highest BCUT2D eigenvalue weighted by atomic mass is 14.8. The Kier molecular flexibility index (Phi) is 6.85. The van der Waals surface area contributed by atoms with Gasteiger partial charge in [-0.25, -0.2) is 9.97 Å². The molecule has 51 heavy (non-hydrogen) atoms. The lowest BCUT2D eigenvalue weighted by atomic mass is 9.96. The molecule has 0 radical (unpaired) electrons. The fraction of sp³-hybridized carbons (Fsp3) is 0.0213. The monoisotopic (exact) mass is 652 g/mol. The van der Waals surface area contributed by atoms with Crippen LogP contribution in [-0.4, -0.2) is 19.9 Å². The number of benzene rings is 5. The number of aromatic nitrogens is 4. The second-order valence-electron chi connectivity index (χ2n) is 13.3. The first-order chi connectivity index (χ1) is 25.2. The van der Waals surface area contributed by atoms with Crippen LogP contribution < -0.4 is 0 Å². The molecule has 0 fully saturated rings. The predicted molar refractivity (Wildman–Crippen MR) is 214 cm³/mol. The Morgan fingerprint density at radius 2 is 0.863 bits per heavy atom. The summed E-state index contributed by atoms with van der Waals surface area (Å²) in [5.74, 6) is 0. The van der Waals surface area contributed by atoms with Crippen LogP contribution in [0.3, 0.4) is 0 Å². The minimum Gasteiger partial charge on any atom is -0.355 e. The number of fused-ring (bicyclic) bond motifs is 13. The number of hydrogen-bond acceptors (Lipinski definition) is 2. The van der Waals surface area contributed by atoms with Crippen molar-refractivity contribution in [3.63, 3.8) is 0 Å². The van der Waals surface area contributed by atoms with Crippen molar-refractivity contribution in [2.24, 2.45) is 0 Å². The van der Waals surface area contributed by atoms with Gasteiger partial charge in [0.25, 0.3) is 0 Å². The third-order valence-electron chi connectivity index (χ3n) is 9.92. The molecule has 1 aliphatic carbocycles. The van der Waals surface area contributed by atoms with Crippen LogP contribution in [-0.2, 0) is 6.42 Å². The van der Waals surface area contributed by atoms with E-state index in [1.807, 2.05) is 0 Å². The third kappa shape index (κ3) is 5.53. The van der Waals surface area contributed by atoms with E-state index in [0.717, 1.165) is 51.3 Å². The number of nitrogens with zero attached hydrogens (tertiary/aromatic N) is 2. The van der Waals surface area contributed by atoms with E-state index in [-0.39, 0.29) is 0 Å². The van der Waals surface area contributed by atoms with Gasteiger partial charge in [0.05, 0.1) is 22.8 Å². The van der Waals surface area contributed by atoms with E-state index < -0.39 is 0 Å². The lowest BCUT2D eigenvalue weighted by Gasteiger charge is -2.07. The number of aromatic amines is 2. The molecule has 8 bridgehead atoms. The maximum Gasteiger partial charge on any atom is 0.0658 e. The molecule has 3 aliphatic rings. The normalized spacial score (nSPS) is 12.5. The van der Waals surface area contributed by atoms with Gasteiger partial charge >= 0.3 is 0 Å². The average molecular weight is 653 g/mol. The Morgan fingerprint density at radius 1 is 0.373 bits per heavy atom. The maximum absolute atomic E-state index is 4.87. The SMILES string of the molecule is C1=Cc2cc3cc(-c4cccc5c4Cc4ccccc4-5)c(cc4nc(cc5ccc(cc1n2)[nH]5)C=C4)[nH]3.c1ccc2cc3ccccc3cc2c1. The van der Waals surface area contributed by atoms with Crippen molar-refractivity contribution in [2.75, 3.05) is 0 Å². The van der Waals surface area contributed by atoms with E-state index >= 15 is 0 Å². The fourth-order valence-corrected chi connectivity index (χ4v) is 7.53. The van der Waals surface area contributed by atoms with Crippen molar-refractivity contribution >= 4 is 67.9 Å². The maximum atomic E-state index is 4.87. The highest BCUT2D eigenvalue weighted by Crippen LogP contribution is 2.42. The molecule has 2 N–H and O–H groups in total. The molecule has 5 heterocycles. The molecular formula is C47H32N4. The molecule has 4 nitrogen and oxygen atoms in total. The van der Waals surface area contributed by atoms with Gasteiger partial charge in [-0.05, 0) is 135 Å². The summed E-state index contributed by atoms with van der Waals surface area (Å²) in [7, 11) is 0. The van der Waals surface area contributed by atoms with E-state index in [2.05, 4.69) is 180 Å². The molecule has 3 aromatic heterocycles. The zero-order valence-corrected chi connectivity index (χ0v) is 27.8. The third-order valence-corrected chi connectivity index (χ3v) is 9.92. The molecular weight excluding hydrogens is 621 g/mol. The van der Waals surface area contributed by atoms with Gasteiger partial charge in [0.15, 0.2) is 0 Å². The number of rotatable bonds is 1. The minimum absolute atomic E-state index is 0.926. The molecule has 8 aromatic rings. The highest BCUT2D eigenvalue weighted by Gasteiger charge is 2.22. The Hall–Kier alpha value is -6.78. The first-order valence-electron chi connectivity index (χ1n) is 17.4. The number of H-pyrrole nitrogens is 2. The van der Waals surface area contributed by atoms with E-state index in [1.165, 1.54) is 54.9 Å². The van der Waals surface area contributed by atoms with Crippen LogP contribution in [0, 0.1) is 0 Å². The molecule has 0 amide bonds. The van der Waals surface area contributed by atoms with E-state index in [1.54, 1.807) is 0 Å². The van der Waals surface area contributed by atoms with Gasteiger partial charge in [-0.1, -0.05) is 91.0 Å². The Labute approximate surface area is 295 Å². The van der Waals surface area contributed by atoms with Gasteiger partial charge in [0.1, 0.15) is 0 Å². The van der Waals surface area contributed by atoms with E-state index in [4.69, 9.17) is 9.97 Å². The Balaban J connectivity index is 0.000000195. The summed E-state index contributed by atoms with van der Waals surface area (Å²) in [6.45, 7) is 0. The first kappa shape index (κ1) is 29.2. The van der Waals surface area contributed by atoms with Crippen molar-refractivity contribution in [1.29, 1.82) is 0 Å². The minimum atomic E-state index is 0.926. The van der Waals surface area contributed by atoms with Crippen LogP contribution in [0.4, 0.5) is 0 Å². The second kappa shape index (κ2) is 12.0. The smallest absolute Gasteiger partial charge is 0.0658 e. The van der Waals surface area contributed by atoms with Crippen LogP contribution in [0.25, 0.3) is 90.2 Å². The highest BCUT2D eigenvalue weighted by molar-refractivity contribution is 5.98. The molecule has 4 heteroatoms. The summed E-state index contributed by atoms with van der Waals surface area (Å²) in [5.41, 5.74) is 15.7. The van der Waals surface area contributed by atoms with Crippen molar-refractivity contribution in [3.8, 4) is 22.3 Å². The van der Waals surface area contributed by atoms with Crippen molar-refractivity contribution in [3.05, 3.63) is 179 Å². The lowest BCUT2D eigenvalue weighted by molar-refractivity contribution is 1.26. The van der Waals surface area contributed by atoms with Crippen LogP contribution in [0.5, 0.6) is 0 Å². The summed E-state index contributed by atoms with van der Waals surface area (Å²) in [4.78, 5) is 16.8. The van der Waals surface area contributed by atoms with Gasteiger partial charge in [-0.2, -0.15) is 0 Å². The molecule has 0 unspecified atom stereocenters. The van der Waals surface area contributed by atoms with E-state index in [9.17, 15) is 0 Å². The molecule has 0 atom stereocenters. The van der Waals surface area contributed by atoms with Crippen LogP contribution in [0.15, 0.2) is 146 Å². The quantitative estimate of drug-likeness (QED) is 0.173. The van der Waals surface area contributed by atoms with Crippen molar-refractivity contribution < 1.29 is 0 Å². The predicted octanol–water partition coefficient (Wildman–Crippen LogP) is 11.9. The second-order valence-corrected chi connectivity index (χ2v) is 13.3. The van der Waals surface area contributed by atoms with Crippen molar-refractivity contribution in [2.45, 2.75) is 6.42 Å². The first-order valence-corrected chi connectivity index (χ1v) is 17.4. The molecule has 11 rings (SSSR count). The van der Waals surface area contributed by atoms with Gasteiger partial charge < -0.3 is 9.97 Å². The molecule has 2 aliphatic heterocycles. The van der Waals surface area contributed by atoms with Gasteiger partial charge in [-0.3, -0.25) is 0 Å². The zero-order valence-electron chi connectivity index (χ0n) is 27.8. The van der Waals surface area contributed by atoms with Gasteiger partial charge in [0.2, 0.25) is 0 Å². The number of nitrogens with one attached hydrogen (secondary N) is 2. The summed E-state index contributed by atoms with van der Waals surface area (Å²) < 4.78 is 0. The largest absolute Gasteiger partial charge is 0.355 e. The molecule has 0 saturated heterocycles. The van der Waals surface area contributed by atoms with Crippen LogP contribution in [0.1, 0.15) is 33.9 Å². The van der Waals surface area contributed by atoms with Gasteiger partial charge in [-0.15, -0.1) is 0 Å². The Morgan fingerprint density at radius 3 is 1.47 bits per heavy atom. The lowest BCUT2D eigenvalue weighted by Crippen LogP contribution is -1.87. The summed E-state index contributed by atoms with van der Waals surface area (Å²) in [5, 5.41) is 5.25. The van der Waals surface area contributed by atoms with Crippen LogP contribution >= 0.6 is 0 Å². The molecule has 0 saturated carbocycles. The standard InChI is InChI=1S/C33H22N4.C14H10/c1-2-5-28-20(4-1)14-31-29(28)6-3-7-30(31)32-18-27-17-25-11-10-23(35-25)15-21-8-9-22(34-21)16-24-12-13-26(36-24)19-33(32)37-27;1-2-6-12-10-14-8-4-3-7-13(14)9-11(12)5-1/h1-13,15-19,34,37H,14H2;1-10H. The summed E-state index contributed by atoms with van der Waals surface area (Å²) in [6.07, 6.45) is 9.19. The van der Waals surface area contributed by atoms with Gasteiger partial charge in [0, 0.05) is 27.6 Å². The average Bonchev–Trinajstić information content (AvgIpc) is 4.01. The Bertz CT molecular complexity index is 2800.